The minimum atomic E-state index is -1.54. The first-order valence-corrected chi connectivity index (χ1v) is 10.7. The normalized spacial score (nSPS) is 10.4. The van der Waals surface area contributed by atoms with E-state index >= 15 is 0 Å². The molecule has 0 saturated carbocycles. The summed E-state index contributed by atoms with van der Waals surface area (Å²) in [5.41, 5.74) is -1.11. The van der Waals surface area contributed by atoms with Crippen LogP contribution in [0.2, 0.25) is 0 Å². The summed E-state index contributed by atoms with van der Waals surface area (Å²) in [6.45, 7) is 9.79. The maximum atomic E-state index is 12.4. The fourth-order valence-corrected chi connectivity index (χ4v) is 1.93. The van der Waals surface area contributed by atoms with Crippen molar-refractivity contribution in [1.82, 2.24) is 10.6 Å². The summed E-state index contributed by atoms with van der Waals surface area (Å²) in [4.78, 5) is 58.7. The van der Waals surface area contributed by atoms with E-state index in [0.29, 0.717) is 0 Å². The van der Waals surface area contributed by atoms with Gasteiger partial charge in [0.15, 0.2) is 0 Å². The van der Waals surface area contributed by atoms with Crippen LogP contribution in [-0.4, -0.2) is 82.1 Å². The molecule has 2 amide bonds. The number of alkyl carbamates (subject to hydrolysis) is 2. The van der Waals surface area contributed by atoms with Crippen LogP contribution in [0.5, 0.6) is 0 Å². The van der Waals surface area contributed by atoms with E-state index < -0.39 is 48.7 Å². The van der Waals surface area contributed by atoms with E-state index in [2.05, 4.69) is 23.8 Å². The van der Waals surface area contributed by atoms with Gasteiger partial charge in [-0.25, -0.2) is 19.2 Å². The summed E-state index contributed by atoms with van der Waals surface area (Å²) in [5, 5.41) is 4.68. The average molecular weight is 507 g/mol. The molecule has 0 aromatic heterocycles. The fraction of sp³-hybridized carbons (Fsp3) is 0.571. The second kappa shape index (κ2) is 16.4. The molecule has 2 N–H and O–H groups in total. The van der Waals surface area contributed by atoms with Gasteiger partial charge in [-0.1, -0.05) is 13.2 Å². The zero-order valence-electron chi connectivity index (χ0n) is 19.5. The van der Waals surface area contributed by atoms with Gasteiger partial charge < -0.3 is 34.3 Å². The first-order chi connectivity index (χ1) is 15.9. The summed E-state index contributed by atoms with van der Waals surface area (Å²) >= 11 is 5.53. The number of carbonyl (C=O) groups is 5. The van der Waals surface area contributed by atoms with Crippen molar-refractivity contribution in [3.63, 3.8) is 0 Å². The number of rotatable bonds is 15. The van der Waals surface area contributed by atoms with Gasteiger partial charge in [0.05, 0.1) is 19.0 Å². The van der Waals surface area contributed by atoms with Crippen molar-refractivity contribution < 1.29 is 47.7 Å². The van der Waals surface area contributed by atoms with Crippen LogP contribution in [0, 0.1) is 5.41 Å². The number of halogens is 1. The highest BCUT2D eigenvalue weighted by atomic mass is 35.5. The lowest BCUT2D eigenvalue weighted by Crippen LogP contribution is -2.43. The molecular weight excluding hydrogens is 476 g/mol. The van der Waals surface area contributed by atoms with Crippen LogP contribution in [0.25, 0.3) is 0 Å². The van der Waals surface area contributed by atoms with E-state index in [9.17, 15) is 24.0 Å². The zero-order valence-corrected chi connectivity index (χ0v) is 20.3. The van der Waals surface area contributed by atoms with Crippen molar-refractivity contribution in [2.45, 2.75) is 20.8 Å². The third-order valence-corrected chi connectivity index (χ3v) is 3.91. The molecule has 0 aromatic rings. The van der Waals surface area contributed by atoms with Gasteiger partial charge in [-0.15, -0.1) is 11.6 Å². The topological polar surface area (TPSA) is 156 Å². The molecular formula is C21H31ClN2O10. The van der Waals surface area contributed by atoms with Crippen LogP contribution in [0.1, 0.15) is 20.8 Å². The highest BCUT2D eigenvalue weighted by Gasteiger charge is 2.38. The Bertz CT molecular complexity index is 719. The highest BCUT2D eigenvalue weighted by Crippen LogP contribution is 2.20. The molecule has 0 spiro atoms. The van der Waals surface area contributed by atoms with Crippen molar-refractivity contribution in [2.75, 3.05) is 52.0 Å². The minimum Gasteiger partial charge on any atom is -0.464 e. The largest absolute Gasteiger partial charge is 0.464 e. The number of alkyl halides is 1. The van der Waals surface area contributed by atoms with Crippen molar-refractivity contribution in [2.24, 2.45) is 5.41 Å². The van der Waals surface area contributed by atoms with Crippen LogP contribution in [-0.2, 0) is 38.1 Å². The summed E-state index contributed by atoms with van der Waals surface area (Å²) < 4.78 is 24.7. The molecule has 13 heteroatoms. The van der Waals surface area contributed by atoms with E-state index in [1.807, 2.05) is 0 Å². The smallest absolute Gasteiger partial charge is 0.407 e. The molecule has 0 bridgehead atoms. The van der Waals surface area contributed by atoms with Crippen molar-refractivity contribution in [3.8, 4) is 0 Å². The molecule has 0 aliphatic heterocycles. The Morgan fingerprint density at radius 2 is 1.15 bits per heavy atom. The molecule has 0 radical (unpaired) electrons. The van der Waals surface area contributed by atoms with Gasteiger partial charge in [0.2, 0.25) is 0 Å². The summed E-state index contributed by atoms with van der Waals surface area (Å²) in [7, 11) is 0. The van der Waals surface area contributed by atoms with Gasteiger partial charge in [0.25, 0.3) is 0 Å². The molecule has 0 unspecified atom stereocenters. The number of esters is 3. The molecule has 0 aliphatic rings. The Morgan fingerprint density at radius 3 is 1.50 bits per heavy atom. The third kappa shape index (κ3) is 13.3. The lowest BCUT2D eigenvalue weighted by Gasteiger charge is -2.26. The summed E-state index contributed by atoms with van der Waals surface area (Å²) in [6.07, 6.45) is -1.79. The monoisotopic (exact) mass is 506 g/mol. The van der Waals surface area contributed by atoms with Crippen LogP contribution in [0.3, 0.4) is 0 Å². The van der Waals surface area contributed by atoms with E-state index in [-0.39, 0.29) is 49.9 Å². The number of amides is 2. The third-order valence-electron chi connectivity index (χ3n) is 3.75. The van der Waals surface area contributed by atoms with Crippen molar-refractivity contribution in [3.05, 3.63) is 24.3 Å². The van der Waals surface area contributed by atoms with Gasteiger partial charge in [-0.2, -0.15) is 0 Å². The molecule has 12 nitrogen and oxygen atoms in total. The van der Waals surface area contributed by atoms with Crippen molar-refractivity contribution in [1.29, 1.82) is 0 Å². The van der Waals surface area contributed by atoms with Gasteiger partial charge in [-0.05, 0) is 20.8 Å². The number of hydrogen-bond donors (Lipinski definition) is 2. The van der Waals surface area contributed by atoms with Crippen LogP contribution in [0.4, 0.5) is 9.59 Å². The second-order valence-corrected chi connectivity index (χ2v) is 7.60. The van der Waals surface area contributed by atoms with E-state index in [0.717, 1.165) is 0 Å². The van der Waals surface area contributed by atoms with Gasteiger partial charge in [0.1, 0.15) is 38.4 Å². The summed E-state index contributed by atoms with van der Waals surface area (Å²) in [5.74, 6) is -1.97. The lowest BCUT2D eigenvalue weighted by atomic mass is 9.93. The Hall–Kier alpha value is -3.28. The number of nitrogens with one attached hydrogen (secondary N) is 2. The molecule has 0 fully saturated rings. The SMILES string of the molecule is C=C(C)C(=O)OCCNC(=O)OCC(C)(COC(=O)NCCOC(=O)C(=C)C)C(=O)OCCCl. The molecule has 0 atom stereocenters. The van der Waals surface area contributed by atoms with E-state index in [1.54, 1.807) is 0 Å². The molecule has 0 saturated heterocycles. The number of ether oxygens (including phenoxy) is 5. The van der Waals surface area contributed by atoms with Crippen molar-refractivity contribution >= 4 is 41.7 Å². The molecule has 0 heterocycles. The number of hydrogen-bond acceptors (Lipinski definition) is 10. The summed E-state index contributed by atoms with van der Waals surface area (Å²) in [6, 6.07) is 0. The Balaban J connectivity index is 4.63. The van der Waals surface area contributed by atoms with Crippen LogP contribution in [0.15, 0.2) is 24.3 Å². The Labute approximate surface area is 202 Å². The lowest BCUT2D eigenvalue weighted by molar-refractivity contribution is -0.159. The van der Waals surface area contributed by atoms with Gasteiger partial charge >= 0.3 is 30.1 Å². The molecule has 192 valence electrons. The van der Waals surface area contributed by atoms with Gasteiger partial charge in [-0.3, -0.25) is 4.79 Å². The Kier molecular flexibility index (Phi) is 14.8. The molecule has 0 rings (SSSR count). The minimum absolute atomic E-state index is 0.0380. The molecule has 0 aliphatic carbocycles. The van der Waals surface area contributed by atoms with Crippen LogP contribution >= 0.6 is 11.6 Å². The molecule has 34 heavy (non-hydrogen) atoms. The fourth-order valence-electron chi connectivity index (χ4n) is 1.86. The second-order valence-electron chi connectivity index (χ2n) is 7.22. The highest BCUT2D eigenvalue weighted by molar-refractivity contribution is 6.18. The van der Waals surface area contributed by atoms with Gasteiger partial charge in [0, 0.05) is 11.1 Å². The van der Waals surface area contributed by atoms with E-state index in [1.165, 1.54) is 20.8 Å². The quantitative estimate of drug-likeness (QED) is 0.110. The maximum absolute atomic E-state index is 12.4. The van der Waals surface area contributed by atoms with E-state index in [4.69, 9.17) is 35.3 Å². The zero-order chi connectivity index (χ0) is 26.1. The predicted molar refractivity (Wildman–Crippen MR) is 120 cm³/mol. The molecule has 0 aromatic carbocycles. The standard InChI is InChI=1S/C21H31ClN2O10/c1-14(2)16(25)30-10-7-23-19(28)33-12-21(5,18(27)32-9-6-22)13-34-20(29)24-8-11-31-17(26)15(3)4/h1,3,6-13H2,2,4-5H3,(H,23,28)(H,24,29). The Morgan fingerprint density at radius 1 is 0.735 bits per heavy atom. The first kappa shape index (κ1) is 30.7. The first-order valence-electron chi connectivity index (χ1n) is 10.1. The maximum Gasteiger partial charge on any atom is 0.407 e. The van der Waals surface area contributed by atoms with Crippen LogP contribution < -0.4 is 10.6 Å². The predicted octanol–water partition coefficient (Wildman–Crippen LogP) is 1.47. The average Bonchev–Trinajstić information content (AvgIpc) is 2.79. The number of carbonyl (C=O) groups excluding carboxylic acids is 5.